The van der Waals surface area contributed by atoms with Crippen LogP contribution in [-0.4, -0.2) is 47.4 Å². The van der Waals surface area contributed by atoms with Gasteiger partial charge < -0.3 is 20.3 Å². The van der Waals surface area contributed by atoms with E-state index in [0.717, 1.165) is 44.9 Å². The number of nitrogens with one attached hydrogen (secondary N) is 1. The van der Waals surface area contributed by atoms with Crippen molar-refractivity contribution >= 4 is 11.9 Å². The number of allylic oxidation sites excluding steroid dienone is 3. The SMILES string of the molecule is CCCCCCCCC/C=C\CCCCCCCCCC(=O)OCCCCCCCCCCCCCCCCCCCCCCCCCCCCCC(=O)NC(CO)C(O)/C=C/CCCCCCCCCCCCCCC. The fraction of sp³-hybridized carbons (Fsp3) is 0.915. The third kappa shape index (κ3) is 63.4. The molecule has 3 N–H and O–H groups in total. The Morgan fingerprint density at radius 3 is 0.922 bits per heavy atom. The van der Waals surface area contributed by atoms with Crippen LogP contribution in [0.15, 0.2) is 24.3 Å². The van der Waals surface area contributed by atoms with Gasteiger partial charge in [0.25, 0.3) is 0 Å². The molecule has 0 aromatic heterocycles. The molecule has 0 aromatic carbocycles. The van der Waals surface area contributed by atoms with Crippen molar-refractivity contribution in [3.63, 3.8) is 0 Å². The van der Waals surface area contributed by atoms with Gasteiger partial charge in [-0.1, -0.05) is 346 Å². The summed E-state index contributed by atoms with van der Waals surface area (Å²) in [7, 11) is 0. The molecule has 2 unspecified atom stereocenters. The number of carbonyl (C=O) groups is 2. The highest BCUT2D eigenvalue weighted by atomic mass is 16.5. The second kappa shape index (κ2) is 66.8. The van der Waals surface area contributed by atoms with Gasteiger partial charge in [-0.3, -0.25) is 9.59 Å². The first kappa shape index (κ1) is 75.3. The molecule has 0 fully saturated rings. The van der Waals surface area contributed by atoms with Crippen molar-refractivity contribution in [1.29, 1.82) is 0 Å². The summed E-state index contributed by atoms with van der Waals surface area (Å²) in [6.45, 7) is 4.93. The summed E-state index contributed by atoms with van der Waals surface area (Å²) in [5.41, 5.74) is 0. The minimum atomic E-state index is -0.842. The lowest BCUT2D eigenvalue weighted by atomic mass is 10.0. The Hall–Kier alpha value is -1.66. The Bertz CT molecular complexity index is 1200. The normalized spacial score (nSPS) is 12.6. The summed E-state index contributed by atoms with van der Waals surface area (Å²) < 4.78 is 5.51. The van der Waals surface area contributed by atoms with Gasteiger partial charge in [-0.05, 0) is 57.8 Å². The zero-order valence-electron chi connectivity index (χ0n) is 52.2. The smallest absolute Gasteiger partial charge is 0.305 e. The summed E-state index contributed by atoms with van der Waals surface area (Å²) in [6.07, 6.45) is 84.0. The predicted octanol–water partition coefficient (Wildman–Crippen LogP) is 22.5. The molecule has 2 atom stereocenters. The van der Waals surface area contributed by atoms with E-state index < -0.39 is 12.1 Å². The zero-order valence-corrected chi connectivity index (χ0v) is 52.2. The minimum Gasteiger partial charge on any atom is -0.466 e. The maximum Gasteiger partial charge on any atom is 0.305 e. The van der Waals surface area contributed by atoms with Crippen LogP contribution in [-0.2, 0) is 14.3 Å². The number of amides is 1. The van der Waals surface area contributed by atoms with E-state index in [9.17, 15) is 19.8 Å². The number of aliphatic hydroxyl groups is 2. The Kier molecular flexibility index (Phi) is 65.4. The molecule has 0 heterocycles. The molecule has 0 radical (unpaired) electrons. The number of carbonyl (C=O) groups excluding carboxylic acids is 2. The Labute approximate surface area is 481 Å². The standard InChI is InChI=1S/C71H137NO5/c1-3-5-7-9-11-13-15-17-19-20-33-37-41-45-49-53-57-61-65-71(76)77-66-62-58-54-50-46-42-38-34-31-29-27-25-23-21-22-24-26-28-30-32-36-40-44-48-52-56-60-64-70(75)72-68(67-73)69(74)63-59-55-51-47-43-39-35-18-16-14-12-10-8-6-4-2/h19-20,59,63,68-69,73-74H,3-18,21-58,60-62,64-67H2,1-2H3,(H,72,75)/b20-19-,63-59+. The average molecular weight is 1080 g/mol. The Morgan fingerprint density at radius 1 is 0.351 bits per heavy atom. The van der Waals surface area contributed by atoms with E-state index in [2.05, 4.69) is 31.3 Å². The van der Waals surface area contributed by atoms with Crippen molar-refractivity contribution < 1.29 is 24.5 Å². The molecule has 0 bridgehead atoms. The molecule has 6 nitrogen and oxygen atoms in total. The third-order valence-corrected chi connectivity index (χ3v) is 16.5. The van der Waals surface area contributed by atoms with Crippen molar-refractivity contribution in [2.24, 2.45) is 0 Å². The molecule has 0 rings (SSSR count). The number of aliphatic hydroxyl groups excluding tert-OH is 2. The van der Waals surface area contributed by atoms with Gasteiger partial charge in [-0.2, -0.15) is 0 Å². The molecule has 0 saturated heterocycles. The van der Waals surface area contributed by atoms with Crippen molar-refractivity contribution in [3.05, 3.63) is 24.3 Å². The first-order valence-electron chi connectivity index (χ1n) is 35.1. The first-order chi connectivity index (χ1) is 38.0. The second-order valence-electron chi connectivity index (χ2n) is 24.2. The number of rotatable bonds is 66. The van der Waals surface area contributed by atoms with E-state index in [1.54, 1.807) is 6.08 Å². The Balaban J connectivity index is 3.35. The molecule has 77 heavy (non-hydrogen) atoms. The van der Waals surface area contributed by atoms with E-state index in [0.29, 0.717) is 19.4 Å². The summed E-state index contributed by atoms with van der Waals surface area (Å²) in [5, 5.41) is 23.2. The van der Waals surface area contributed by atoms with Gasteiger partial charge in [-0.25, -0.2) is 0 Å². The first-order valence-corrected chi connectivity index (χ1v) is 35.1. The van der Waals surface area contributed by atoms with Crippen molar-refractivity contribution in [3.8, 4) is 0 Å². The molecule has 456 valence electrons. The highest BCUT2D eigenvalue weighted by molar-refractivity contribution is 5.76. The number of hydrogen-bond acceptors (Lipinski definition) is 5. The van der Waals surface area contributed by atoms with Crippen LogP contribution in [0.3, 0.4) is 0 Å². The monoisotopic (exact) mass is 1080 g/mol. The lowest BCUT2D eigenvalue weighted by Gasteiger charge is -2.20. The highest BCUT2D eigenvalue weighted by Crippen LogP contribution is 2.19. The molecule has 6 heteroatoms. The van der Waals surface area contributed by atoms with Gasteiger partial charge in [0, 0.05) is 12.8 Å². The van der Waals surface area contributed by atoms with Crippen molar-refractivity contribution in [1.82, 2.24) is 5.32 Å². The minimum absolute atomic E-state index is 0.0155. The summed E-state index contributed by atoms with van der Waals surface area (Å²) in [4.78, 5) is 24.6. The van der Waals surface area contributed by atoms with Crippen LogP contribution < -0.4 is 5.32 Å². The van der Waals surface area contributed by atoms with Gasteiger partial charge in [0.15, 0.2) is 0 Å². The lowest BCUT2D eigenvalue weighted by molar-refractivity contribution is -0.143. The van der Waals surface area contributed by atoms with Crippen LogP contribution in [0.25, 0.3) is 0 Å². The summed E-state index contributed by atoms with van der Waals surface area (Å²) in [5.74, 6) is -0.0474. The van der Waals surface area contributed by atoms with Crippen LogP contribution >= 0.6 is 0 Å². The molecule has 0 aliphatic carbocycles. The van der Waals surface area contributed by atoms with Crippen molar-refractivity contribution in [2.75, 3.05) is 13.2 Å². The van der Waals surface area contributed by atoms with Crippen molar-refractivity contribution in [2.45, 2.75) is 405 Å². The zero-order chi connectivity index (χ0) is 55.7. The third-order valence-electron chi connectivity index (χ3n) is 16.5. The van der Waals surface area contributed by atoms with E-state index in [-0.39, 0.29) is 18.5 Å². The van der Waals surface area contributed by atoms with Gasteiger partial charge in [0.1, 0.15) is 0 Å². The molecular formula is C71H137NO5. The van der Waals surface area contributed by atoms with E-state index in [1.165, 1.54) is 321 Å². The van der Waals surface area contributed by atoms with Crippen LogP contribution in [0.5, 0.6) is 0 Å². The van der Waals surface area contributed by atoms with E-state index in [4.69, 9.17) is 4.74 Å². The fourth-order valence-electron chi connectivity index (χ4n) is 11.1. The molecule has 0 aliphatic rings. The largest absolute Gasteiger partial charge is 0.466 e. The topological polar surface area (TPSA) is 95.9 Å². The number of esters is 1. The van der Waals surface area contributed by atoms with E-state index >= 15 is 0 Å². The van der Waals surface area contributed by atoms with Gasteiger partial charge in [0.05, 0.1) is 25.4 Å². The molecule has 0 aliphatic heterocycles. The highest BCUT2D eigenvalue weighted by Gasteiger charge is 2.18. The average Bonchev–Trinajstić information content (AvgIpc) is 3.43. The number of unbranched alkanes of at least 4 members (excludes halogenated alkanes) is 53. The van der Waals surface area contributed by atoms with Crippen LogP contribution in [0.4, 0.5) is 0 Å². The van der Waals surface area contributed by atoms with Crippen LogP contribution in [0, 0.1) is 0 Å². The molecule has 0 saturated carbocycles. The lowest BCUT2D eigenvalue weighted by Crippen LogP contribution is -2.45. The Morgan fingerprint density at radius 2 is 0.610 bits per heavy atom. The van der Waals surface area contributed by atoms with E-state index in [1.807, 2.05) is 6.08 Å². The van der Waals surface area contributed by atoms with Gasteiger partial charge in [-0.15, -0.1) is 0 Å². The molecule has 0 spiro atoms. The molecule has 1 amide bonds. The summed E-state index contributed by atoms with van der Waals surface area (Å²) in [6, 6.07) is -0.625. The van der Waals surface area contributed by atoms with Crippen LogP contribution in [0.1, 0.15) is 393 Å². The fourth-order valence-corrected chi connectivity index (χ4v) is 11.1. The second-order valence-corrected chi connectivity index (χ2v) is 24.2. The van der Waals surface area contributed by atoms with Gasteiger partial charge in [0.2, 0.25) is 5.91 Å². The van der Waals surface area contributed by atoms with Gasteiger partial charge >= 0.3 is 5.97 Å². The quantitative estimate of drug-likeness (QED) is 0.0320. The maximum absolute atomic E-state index is 12.5. The van der Waals surface area contributed by atoms with Crippen LogP contribution in [0.2, 0.25) is 0 Å². The number of hydrogen-bond donors (Lipinski definition) is 3. The molecule has 0 aromatic rings. The summed E-state index contributed by atoms with van der Waals surface area (Å²) >= 11 is 0. The predicted molar refractivity (Wildman–Crippen MR) is 338 cm³/mol. The molecular weight excluding hydrogens is 947 g/mol. The maximum atomic E-state index is 12.5. The number of ether oxygens (including phenoxy) is 1.